The highest BCUT2D eigenvalue weighted by atomic mass is 16.2. The lowest BCUT2D eigenvalue weighted by Crippen LogP contribution is -2.60. The van der Waals surface area contributed by atoms with Crippen LogP contribution in [0.5, 0.6) is 0 Å². The molecule has 1 heterocycles. The highest BCUT2D eigenvalue weighted by Crippen LogP contribution is 2.14. The zero-order valence-electron chi connectivity index (χ0n) is 12.1. The van der Waals surface area contributed by atoms with Crippen molar-refractivity contribution in [3.63, 3.8) is 0 Å². The third kappa shape index (κ3) is 3.38. The number of carbonyl (C=O) groups excluding carboxylic acids is 2. The molecule has 1 aliphatic rings. The van der Waals surface area contributed by atoms with Crippen LogP contribution < -0.4 is 5.32 Å². The van der Waals surface area contributed by atoms with Crippen molar-refractivity contribution in [2.75, 3.05) is 13.1 Å². The predicted octanol–water partition coefficient (Wildman–Crippen LogP) is 1.60. The van der Waals surface area contributed by atoms with Crippen molar-refractivity contribution < 1.29 is 9.59 Å². The van der Waals surface area contributed by atoms with Crippen molar-refractivity contribution in [1.82, 2.24) is 10.2 Å². The maximum atomic E-state index is 12.4. The van der Waals surface area contributed by atoms with Gasteiger partial charge in [0.15, 0.2) is 0 Å². The first kappa shape index (κ1) is 14.6. The van der Waals surface area contributed by atoms with Gasteiger partial charge in [-0.2, -0.15) is 0 Å². The molecule has 1 N–H and O–H groups in total. The highest BCUT2D eigenvalue weighted by Gasteiger charge is 2.34. The Bertz CT molecular complexity index is 473. The van der Waals surface area contributed by atoms with Gasteiger partial charge in [-0.3, -0.25) is 9.59 Å². The topological polar surface area (TPSA) is 49.4 Å². The van der Waals surface area contributed by atoms with E-state index >= 15 is 0 Å². The highest BCUT2D eigenvalue weighted by molar-refractivity contribution is 5.95. The smallest absolute Gasteiger partial charge is 0.245 e. The van der Waals surface area contributed by atoms with E-state index in [0.717, 1.165) is 12.8 Å². The van der Waals surface area contributed by atoms with Gasteiger partial charge in [-0.1, -0.05) is 50.6 Å². The van der Waals surface area contributed by atoms with Crippen molar-refractivity contribution >= 4 is 11.8 Å². The van der Waals surface area contributed by atoms with Crippen LogP contribution >= 0.6 is 0 Å². The molecule has 1 aromatic carbocycles. The molecule has 2 amide bonds. The van der Waals surface area contributed by atoms with Gasteiger partial charge in [0, 0.05) is 6.54 Å². The van der Waals surface area contributed by atoms with Gasteiger partial charge in [-0.15, -0.1) is 0 Å². The molecular weight excluding hydrogens is 252 g/mol. The van der Waals surface area contributed by atoms with Gasteiger partial charge in [-0.25, -0.2) is 0 Å². The van der Waals surface area contributed by atoms with Crippen LogP contribution in [0.15, 0.2) is 30.3 Å². The molecule has 0 bridgehead atoms. The fraction of sp³-hybridized carbons (Fsp3) is 0.500. The van der Waals surface area contributed by atoms with Crippen LogP contribution in [0, 0.1) is 5.92 Å². The summed E-state index contributed by atoms with van der Waals surface area (Å²) in [5, 5.41) is 2.81. The maximum Gasteiger partial charge on any atom is 0.245 e. The fourth-order valence-electron chi connectivity index (χ4n) is 2.45. The van der Waals surface area contributed by atoms with Crippen LogP contribution in [-0.4, -0.2) is 35.8 Å². The minimum atomic E-state index is -0.364. The minimum Gasteiger partial charge on any atom is -0.342 e. The zero-order chi connectivity index (χ0) is 14.5. The second-order valence-corrected chi connectivity index (χ2v) is 5.43. The summed E-state index contributed by atoms with van der Waals surface area (Å²) in [4.78, 5) is 25.8. The number of amides is 2. The Morgan fingerprint density at radius 3 is 2.65 bits per heavy atom. The Morgan fingerprint density at radius 2 is 2.00 bits per heavy atom. The van der Waals surface area contributed by atoms with Crippen LogP contribution in [0.4, 0.5) is 0 Å². The van der Waals surface area contributed by atoms with Crippen molar-refractivity contribution in [2.24, 2.45) is 5.92 Å². The fourth-order valence-corrected chi connectivity index (χ4v) is 2.45. The quantitative estimate of drug-likeness (QED) is 0.886. The van der Waals surface area contributed by atoms with Crippen LogP contribution in [0.1, 0.15) is 25.8 Å². The van der Waals surface area contributed by atoms with Crippen LogP contribution in [0.25, 0.3) is 0 Å². The van der Waals surface area contributed by atoms with Gasteiger partial charge < -0.3 is 10.2 Å². The average Bonchev–Trinajstić information content (AvgIpc) is 2.48. The minimum absolute atomic E-state index is 0.0508. The molecule has 20 heavy (non-hydrogen) atoms. The monoisotopic (exact) mass is 274 g/mol. The summed E-state index contributed by atoms with van der Waals surface area (Å²) in [5.74, 6) is 0.170. The second-order valence-electron chi connectivity index (χ2n) is 5.43. The number of hydrogen-bond donors (Lipinski definition) is 1. The first-order valence-electron chi connectivity index (χ1n) is 7.24. The van der Waals surface area contributed by atoms with E-state index in [1.54, 1.807) is 4.90 Å². The van der Waals surface area contributed by atoms with Crippen LogP contribution in [-0.2, 0) is 16.0 Å². The molecule has 0 aromatic heterocycles. The van der Waals surface area contributed by atoms with Crippen molar-refractivity contribution in [3.05, 3.63) is 35.9 Å². The molecule has 108 valence electrons. The standard InChI is InChI=1S/C16H22N2O2/c1-3-12(2)15-16(20)18(11-14(19)17-15)10-9-13-7-5-4-6-8-13/h4-8,12,15H,3,9-11H2,1-2H3,(H,17,19). The molecule has 1 saturated heterocycles. The Kier molecular flexibility index (Phi) is 4.77. The summed E-state index contributed by atoms with van der Waals surface area (Å²) in [5.41, 5.74) is 1.19. The molecule has 2 unspecified atom stereocenters. The van der Waals surface area contributed by atoms with E-state index in [0.29, 0.717) is 6.54 Å². The first-order valence-corrected chi connectivity index (χ1v) is 7.24. The molecule has 0 aliphatic carbocycles. The first-order chi connectivity index (χ1) is 9.61. The van der Waals surface area contributed by atoms with Crippen molar-refractivity contribution in [3.8, 4) is 0 Å². The maximum absolute atomic E-state index is 12.4. The lowest BCUT2D eigenvalue weighted by molar-refractivity contribution is -0.145. The number of rotatable bonds is 5. The molecule has 4 nitrogen and oxygen atoms in total. The SMILES string of the molecule is CCC(C)C1NC(=O)CN(CCc2ccccc2)C1=O. The Balaban J connectivity index is 1.99. The van der Waals surface area contributed by atoms with E-state index in [2.05, 4.69) is 5.32 Å². The number of benzene rings is 1. The Labute approximate surface area is 120 Å². The van der Waals surface area contributed by atoms with E-state index < -0.39 is 0 Å². The van der Waals surface area contributed by atoms with Crippen LogP contribution in [0.2, 0.25) is 0 Å². The number of carbonyl (C=O) groups is 2. The third-order valence-electron chi connectivity index (χ3n) is 3.95. The number of nitrogens with zero attached hydrogens (tertiary/aromatic N) is 1. The van der Waals surface area contributed by atoms with Gasteiger partial charge in [0.25, 0.3) is 0 Å². The van der Waals surface area contributed by atoms with Gasteiger partial charge >= 0.3 is 0 Å². The molecule has 4 heteroatoms. The third-order valence-corrected chi connectivity index (χ3v) is 3.95. The number of nitrogens with one attached hydrogen (secondary N) is 1. The second kappa shape index (κ2) is 6.55. The van der Waals surface area contributed by atoms with E-state index in [-0.39, 0.29) is 30.3 Å². The predicted molar refractivity (Wildman–Crippen MR) is 78.1 cm³/mol. The zero-order valence-corrected chi connectivity index (χ0v) is 12.1. The average molecular weight is 274 g/mol. The van der Waals surface area contributed by atoms with Gasteiger partial charge in [0.05, 0.1) is 6.54 Å². The molecular formula is C16H22N2O2. The van der Waals surface area contributed by atoms with E-state index in [1.165, 1.54) is 5.56 Å². The Morgan fingerprint density at radius 1 is 1.30 bits per heavy atom. The van der Waals surface area contributed by atoms with E-state index in [1.807, 2.05) is 44.2 Å². The lowest BCUT2D eigenvalue weighted by atomic mass is 9.96. The lowest BCUT2D eigenvalue weighted by Gasteiger charge is -2.35. The van der Waals surface area contributed by atoms with Gasteiger partial charge in [0.2, 0.25) is 11.8 Å². The van der Waals surface area contributed by atoms with Crippen molar-refractivity contribution in [1.29, 1.82) is 0 Å². The molecule has 1 aliphatic heterocycles. The summed E-state index contributed by atoms with van der Waals surface area (Å²) in [6, 6.07) is 9.67. The number of piperazine rings is 1. The molecule has 1 aromatic rings. The normalized spacial score (nSPS) is 20.7. The Hall–Kier alpha value is -1.84. The van der Waals surface area contributed by atoms with E-state index in [4.69, 9.17) is 0 Å². The van der Waals surface area contributed by atoms with E-state index in [9.17, 15) is 9.59 Å². The molecule has 2 atom stereocenters. The summed E-state index contributed by atoms with van der Waals surface area (Å²) in [6.45, 7) is 4.82. The molecule has 0 saturated carbocycles. The number of hydrogen-bond acceptors (Lipinski definition) is 2. The molecule has 0 radical (unpaired) electrons. The molecule has 1 fully saturated rings. The summed E-state index contributed by atoms with van der Waals surface area (Å²) < 4.78 is 0. The molecule has 0 spiro atoms. The van der Waals surface area contributed by atoms with Crippen molar-refractivity contribution in [2.45, 2.75) is 32.7 Å². The van der Waals surface area contributed by atoms with Gasteiger partial charge in [0.1, 0.15) is 6.04 Å². The van der Waals surface area contributed by atoms with Crippen LogP contribution in [0.3, 0.4) is 0 Å². The largest absolute Gasteiger partial charge is 0.342 e. The summed E-state index contributed by atoms with van der Waals surface area (Å²) >= 11 is 0. The summed E-state index contributed by atoms with van der Waals surface area (Å²) in [6.07, 6.45) is 1.66. The molecule has 2 rings (SSSR count). The van der Waals surface area contributed by atoms with Gasteiger partial charge in [-0.05, 0) is 17.9 Å². The summed E-state index contributed by atoms with van der Waals surface area (Å²) in [7, 11) is 0.